The van der Waals surface area contributed by atoms with Crippen molar-refractivity contribution < 1.29 is 13.9 Å². The Hall–Kier alpha value is -1.25. The second-order valence-electron chi connectivity index (χ2n) is 3.08. The van der Waals surface area contributed by atoms with Crippen molar-refractivity contribution in [1.82, 2.24) is 0 Å². The van der Waals surface area contributed by atoms with Crippen molar-refractivity contribution in [2.24, 2.45) is 5.92 Å². The maximum atomic E-state index is 11.0. The first-order valence-electron chi connectivity index (χ1n) is 4.01. The van der Waals surface area contributed by atoms with Crippen molar-refractivity contribution in [2.45, 2.75) is 19.4 Å². The van der Waals surface area contributed by atoms with Crippen molar-refractivity contribution >= 4 is 5.97 Å². The summed E-state index contributed by atoms with van der Waals surface area (Å²) in [4.78, 5) is 11.0. The summed E-state index contributed by atoms with van der Waals surface area (Å²) in [6.45, 7) is 1.87. The Bertz CT molecular complexity index is 276. The fourth-order valence-corrected chi connectivity index (χ4v) is 1.37. The van der Waals surface area contributed by atoms with Gasteiger partial charge in [-0.05, 0) is 12.1 Å². The minimum Gasteiger partial charge on any atom is -0.465 e. The van der Waals surface area contributed by atoms with Gasteiger partial charge in [-0.2, -0.15) is 0 Å². The molecular formula is C9H10O3. The van der Waals surface area contributed by atoms with Gasteiger partial charge in [0.2, 0.25) is 0 Å². The highest BCUT2D eigenvalue weighted by Gasteiger charge is 2.33. The largest absolute Gasteiger partial charge is 0.465 e. The van der Waals surface area contributed by atoms with E-state index in [9.17, 15) is 4.79 Å². The third kappa shape index (κ3) is 1.11. The smallest absolute Gasteiger partial charge is 0.309 e. The van der Waals surface area contributed by atoms with Crippen LogP contribution in [0.2, 0.25) is 0 Å². The molecule has 0 aliphatic carbocycles. The molecular weight excluding hydrogens is 156 g/mol. The van der Waals surface area contributed by atoms with Crippen LogP contribution in [0.1, 0.15) is 25.2 Å². The Kier molecular flexibility index (Phi) is 1.64. The lowest BCUT2D eigenvalue weighted by atomic mass is 10.1. The zero-order chi connectivity index (χ0) is 8.55. The summed E-state index contributed by atoms with van der Waals surface area (Å²) in [6.07, 6.45) is 2.15. The van der Waals surface area contributed by atoms with Crippen LogP contribution in [0.4, 0.5) is 0 Å². The lowest BCUT2D eigenvalue weighted by molar-refractivity contribution is -0.144. The molecule has 1 saturated heterocycles. The van der Waals surface area contributed by atoms with Gasteiger partial charge in [0.1, 0.15) is 5.76 Å². The van der Waals surface area contributed by atoms with Crippen LogP contribution < -0.4 is 0 Å². The highest BCUT2D eigenvalue weighted by atomic mass is 16.6. The molecule has 3 nitrogen and oxygen atoms in total. The Morgan fingerprint density at radius 2 is 2.42 bits per heavy atom. The number of hydrogen-bond acceptors (Lipinski definition) is 3. The van der Waals surface area contributed by atoms with E-state index in [2.05, 4.69) is 0 Å². The molecule has 0 N–H and O–H groups in total. The minimum absolute atomic E-state index is 0.0000926. The van der Waals surface area contributed by atoms with Crippen LogP contribution in [-0.2, 0) is 9.53 Å². The number of esters is 1. The van der Waals surface area contributed by atoms with Crippen LogP contribution in [0.15, 0.2) is 22.8 Å². The molecule has 1 aromatic heterocycles. The normalized spacial score (nSPS) is 28.9. The van der Waals surface area contributed by atoms with Crippen LogP contribution in [0.25, 0.3) is 0 Å². The summed E-state index contributed by atoms with van der Waals surface area (Å²) in [6, 6.07) is 3.63. The number of carbonyl (C=O) groups is 1. The number of ether oxygens (including phenoxy) is 1. The quantitative estimate of drug-likeness (QED) is 0.598. The van der Waals surface area contributed by atoms with Crippen LogP contribution in [-0.4, -0.2) is 5.97 Å². The van der Waals surface area contributed by atoms with Crippen LogP contribution in [0.3, 0.4) is 0 Å². The van der Waals surface area contributed by atoms with E-state index in [1.165, 1.54) is 0 Å². The first kappa shape index (κ1) is 7.40. The van der Waals surface area contributed by atoms with Crippen LogP contribution in [0.5, 0.6) is 0 Å². The van der Waals surface area contributed by atoms with E-state index in [0.29, 0.717) is 0 Å². The van der Waals surface area contributed by atoms with Gasteiger partial charge in [0.25, 0.3) is 0 Å². The van der Waals surface area contributed by atoms with Gasteiger partial charge >= 0.3 is 5.97 Å². The molecule has 0 amide bonds. The molecule has 64 valence electrons. The number of cyclic esters (lactones) is 1. The fraction of sp³-hybridized carbons (Fsp3) is 0.444. The third-order valence-electron chi connectivity index (χ3n) is 2.09. The second-order valence-corrected chi connectivity index (χ2v) is 3.08. The summed E-state index contributed by atoms with van der Waals surface area (Å²) < 4.78 is 10.2. The monoisotopic (exact) mass is 166 g/mol. The Balaban J connectivity index is 2.14. The van der Waals surface area contributed by atoms with Gasteiger partial charge < -0.3 is 9.15 Å². The SMILES string of the molecule is C[C@@H]1C[C@@H](c2ccco2)OC1=O. The van der Waals surface area contributed by atoms with Crippen LogP contribution in [0, 0.1) is 5.92 Å². The second kappa shape index (κ2) is 2.66. The molecule has 0 unspecified atom stereocenters. The van der Waals surface area contributed by atoms with Crippen molar-refractivity contribution in [1.29, 1.82) is 0 Å². The first-order valence-corrected chi connectivity index (χ1v) is 4.01. The number of carbonyl (C=O) groups excluding carboxylic acids is 1. The van der Waals surface area contributed by atoms with Gasteiger partial charge in [0.05, 0.1) is 12.2 Å². The molecule has 0 aromatic carbocycles. The van der Waals surface area contributed by atoms with E-state index in [4.69, 9.17) is 9.15 Å². The van der Waals surface area contributed by atoms with Crippen molar-refractivity contribution in [3.63, 3.8) is 0 Å². The Morgan fingerprint density at radius 1 is 1.58 bits per heavy atom. The van der Waals surface area contributed by atoms with Crippen molar-refractivity contribution in [2.75, 3.05) is 0 Å². The number of rotatable bonds is 1. The summed E-state index contributed by atoms with van der Waals surface area (Å²) in [5.74, 6) is 0.615. The van der Waals surface area contributed by atoms with Gasteiger partial charge in [-0.25, -0.2) is 0 Å². The molecule has 1 aliphatic heterocycles. The molecule has 2 atom stereocenters. The average molecular weight is 166 g/mol. The molecule has 1 aliphatic rings. The number of furan rings is 1. The maximum absolute atomic E-state index is 11.0. The molecule has 2 heterocycles. The standard InChI is InChI=1S/C9H10O3/c1-6-5-8(12-9(6)10)7-3-2-4-11-7/h2-4,6,8H,5H2,1H3/t6-,8+/m1/s1. The molecule has 3 heteroatoms. The molecule has 1 aromatic rings. The van der Waals surface area contributed by atoms with E-state index in [1.54, 1.807) is 12.3 Å². The molecule has 0 saturated carbocycles. The average Bonchev–Trinajstić information content (AvgIpc) is 2.61. The minimum atomic E-state index is -0.164. The predicted molar refractivity (Wildman–Crippen MR) is 41.3 cm³/mol. The number of hydrogen-bond donors (Lipinski definition) is 0. The maximum Gasteiger partial charge on any atom is 0.309 e. The van der Waals surface area contributed by atoms with E-state index in [1.807, 2.05) is 13.0 Å². The van der Waals surface area contributed by atoms with E-state index < -0.39 is 0 Å². The summed E-state index contributed by atoms with van der Waals surface area (Å²) in [5, 5.41) is 0. The van der Waals surface area contributed by atoms with E-state index in [0.717, 1.165) is 12.2 Å². The third-order valence-corrected chi connectivity index (χ3v) is 2.09. The first-order chi connectivity index (χ1) is 5.77. The van der Waals surface area contributed by atoms with Crippen LogP contribution >= 0.6 is 0 Å². The molecule has 0 radical (unpaired) electrons. The topological polar surface area (TPSA) is 39.4 Å². The lowest BCUT2D eigenvalue weighted by Gasteiger charge is -2.03. The van der Waals surface area contributed by atoms with Crippen molar-refractivity contribution in [3.8, 4) is 0 Å². The predicted octanol–water partition coefficient (Wildman–Crippen LogP) is 1.90. The Labute approximate surface area is 70.3 Å². The summed E-state index contributed by atoms with van der Waals surface area (Å²) in [7, 11) is 0. The molecule has 0 bridgehead atoms. The highest BCUT2D eigenvalue weighted by molar-refractivity contribution is 5.74. The molecule has 0 spiro atoms. The van der Waals surface area contributed by atoms with Gasteiger partial charge in [0.15, 0.2) is 6.10 Å². The van der Waals surface area contributed by atoms with Crippen molar-refractivity contribution in [3.05, 3.63) is 24.2 Å². The molecule has 12 heavy (non-hydrogen) atoms. The summed E-state index contributed by atoms with van der Waals surface area (Å²) >= 11 is 0. The summed E-state index contributed by atoms with van der Waals surface area (Å²) in [5.41, 5.74) is 0. The fourth-order valence-electron chi connectivity index (χ4n) is 1.37. The van der Waals surface area contributed by atoms with Gasteiger partial charge in [-0.1, -0.05) is 6.92 Å². The zero-order valence-corrected chi connectivity index (χ0v) is 6.82. The lowest BCUT2D eigenvalue weighted by Crippen LogP contribution is -2.01. The molecule has 1 fully saturated rings. The van der Waals surface area contributed by atoms with Gasteiger partial charge in [-0.3, -0.25) is 4.79 Å². The van der Waals surface area contributed by atoms with E-state index in [-0.39, 0.29) is 18.0 Å². The highest BCUT2D eigenvalue weighted by Crippen LogP contribution is 2.32. The van der Waals surface area contributed by atoms with Gasteiger partial charge in [-0.15, -0.1) is 0 Å². The van der Waals surface area contributed by atoms with E-state index >= 15 is 0 Å². The van der Waals surface area contributed by atoms with Gasteiger partial charge in [0, 0.05) is 6.42 Å². The zero-order valence-electron chi connectivity index (χ0n) is 6.82. The molecule has 2 rings (SSSR count). The Morgan fingerprint density at radius 3 is 2.92 bits per heavy atom.